The van der Waals surface area contributed by atoms with Crippen molar-refractivity contribution in [2.24, 2.45) is 0 Å². The number of fused-ring (bicyclic) bond motifs is 7. The number of pyridine rings is 1. The first-order valence-corrected chi connectivity index (χ1v) is 20.2. The number of rotatable bonds is 6. The summed E-state index contributed by atoms with van der Waals surface area (Å²) in [4.78, 5) is 9.55. The summed E-state index contributed by atoms with van der Waals surface area (Å²) in [5, 5.41) is 2.21. The van der Waals surface area contributed by atoms with Gasteiger partial charge < -0.3 is 19.1 Å². The molecular formula is C53H40BN4OPt-3. The Kier molecular flexibility index (Phi) is 9.30. The summed E-state index contributed by atoms with van der Waals surface area (Å²) in [6.45, 7) is 8.90. The monoisotopic (exact) mass is 954 g/mol. The van der Waals surface area contributed by atoms with E-state index in [-0.39, 0.29) is 33.2 Å². The number of aromatic nitrogens is 2. The van der Waals surface area contributed by atoms with Crippen LogP contribution in [0.4, 0.5) is 17.1 Å². The molecule has 0 unspecified atom stereocenters. The predicted octanol–water partition coefficient (Wildman–Crippen LogP) is 10.7. The van der Waals surface area contributed by atoms with Crippen LogP contribution in [0.2, 0.25) is 0 Å². The molecule has 0 fully saturated rings. The average Bonchev–Trinajstić information content (AvgIpc) is 3.90. The van der Waals surface area contributed by atoms with Gasteiger partial charge in [0.05, 0.1) is 0 Å². The van der Waals surface area contributed by atoms with Crippen LogP contribution in [0.25, 0.3) is 49.9 Å². The molecule has 7 aromatic carbocycles. The predicted molar refractivity (Wildman–Crippen MR) is 245 cm³/mol. The minimum atomic E-state index is -0.125. The van der Waals surface area contributed by atoms with Crippen LogP contribution in [0.3, 0.4) is 0 Å². The van der Waals surface area contributed by atoms with Crippen LogP contribution in [0.15, 0.2) is 164 Å². The Hall–Kier alpha value is -6.36. The van der Waals surface area contributed by atoms with E-state index in [0.717, 1.165) is 55.8 Å². The van der Waals surface area contributed by atoms with Gasteiger partial charge in [-0.2, -0.15) is 12.7 Å². The number of hydrogen-bond donors (Lipinski definition) is 0. The molecule has 0 radical (unpaired) electrons. The van der Waals surface area contributed by atoms with Gasteiger partial charge in [-0.3, -0.25) is 0 Å². The van der Waals surface area contributed by atoms with Crippen molar-refractivity contribution in [2.45, 2.75) is 26.2 Å². The summed E-state index contributed by atoms with van der Waals surface area (Å²) in [6.07, 6.45) is 2.06. The van der Waals surface area contributed by atoms with E-state index in [2.05, 4.69) is 219 Å². The maximum absolute atomic E-state index is 6.81. The van der Waals surface area contributed by atoms with Crippen molar-refractivity contribution in [3.63, 3.8) is 0 Å². The Labute approximate surface area is 366 Å². The Morgan fingerprint density at radius 3 is 2.17 bits per heavy atom. The molecule has 2 aliphatic heterocycles. The molecule has 11 rings (SSSR count). The molecule has 0 N–H and O–H groups in total. The molecule has 0 aliphatic carbocycles. The van der Waals surface area contributed by atoms with Gasteiger partial charge in [-0.05, 0) is 64.4 Å². The maximum atomic E-state index is 6.81. The maximum Gasteiger partial charge on any atom is 0.243 e. The van der Waals surface area contributed by atoms with Gasteiger partial charge in [0.2, 0.25) is 6.71 Å². The van der Waals surface area contributed by atoms with Crippen LogP contribution < -0.4 is 30.9 Å². The molecule has 9 aromatic rings. The Morgan fingerprint density at radius 1 is 0.633 bits per heavy atom. The van der Waals surface area contributed by atoms with Crippen LogP contribution in [-0.2, 0) is 26.5 Å². The first-order valence-electron chi connectivity index (χ1n) is 20.2. The molecule has 0 saturated heterocycles. The van der Waals surface area contributed by atoms with Crippen molar-refractivity contribution < 1.29 is 25.8 Å². The summed E-state index contributed by atoms with van der Waals surface area (Å²) in [6, 6.07) is 63.4. The first kappa shape index (κ1) is 37.9. The number of ether oxygens (including phenoxy) is 1. The third-order valence-electron chi connectivity index (χ3n) is 11.9. The molecule has 7 heteroatoms. The van der Waals surface area contributed by atoms with E-state index in [9.17, 15) is 0 Å². The van der Waals surface area contributed by atoms with Crippen molar-refractivity contribution >= 4 is 62.0 Å². The van der Waals surface area contributed by atoms with Crippen LogP contribution in [-0.4, -0.2) is 23.3 Å². The van der Waals surface area contributed by atoms with Gasteiger partial charge in [-0.15, -0.1) is 47.0 Å². The fraction of sp³-hybridized carbons (Fsp3) is 0.0943. The molecule has 5 nitrogen and oxygen atoms in total. The number of para-hydroxylation sites is 2. The molecule has 0 saturated carbocycles. The van der Waals surface area contributed by atoms with Gasteiger partial charge in [-0.1, -0.05) is 152 Å². The quantitative estimate of drug-likeness (QED) is 0.123. The number of anilines is 3. The second-order valence-corrected chi connectivity index (χ2v) is 16.6. The van der Waals surface area contributed by atoms with E-state index in [1.54, 1.807) is 0 Å². The molecule has 0 atom stereocenters. The van der Waals surface area contributed by atoms with E-state index >= 15 is 0 Å². The smallest absolute Gasteiger partial charge is 0.243 e. The van der Waals surface area contributed by atoms with Crippen LogP contribution >= 0.6 is 0 Å². The van der Waals surface area contributed by atoms with Crippen LogP contribution in [0.1, 0.15) is 26.3 Å². The van der Waals surface area contributed by atoms with E-state index < -0.39 is 0 Å². The van der Waals surface area contributed by atoms with E-state index in [1.165, 1.54) is 33.1 Å². The summed E-state index contributed by atoms with van der Waals surface area (Å²) in [5.41, 5.74) is 14.7. The molecule has 0 amide bonds. The van der Waals surface area contributed by atoms with E-state index in [0.29, 0.717) is 11.5 Å². The number of benzene rings is 7. The third kappa shape index (κ3) is 6.33. The second kappa shape index (κ2) is 14.7. The zero-order valence-electron chi connectivity index (χ0n) is 33.8. The molecule has 60 heavy (non-hydrogen) atoms. The van der Waals surface area contributed by atoms with Gasteiger partial charge in [-0.25, -0.2) is 4.98 Å². The minimum absolute atomic E-state index is 0. The summed E-state index contributed by atoms with van der Waals surface area (Å²) < 4.78 is 9.06. The van der Waals surface area contributed by atoms with Crippen molar-refractivity contribution in [1.29, 1.82) is 0 Å². The van der Waals surface area contributed by atoms with Crippen LogP contribution in [0.5, 0.6) is 11.5 Å². The van der Waals surface area contributed by atoms with Gasteiger partial charge in [0.15, 0.2) is 0 Å². The van der Waals surface area contributed by atoms with Gasteiger partial charge >= 0.3 is 0 Å². The first-order chi connectivity index (χ1) is 28.8. The molecule has 4 heterocycles. The van der Waals surface area contributed by atoms with Gasteiger partial charge in [0.25, 0.3) is 0 Å². The zero-order valence-corrected chi connectivity index (χ0v) is 36.0. The average molecular weight is 955 g/mol. The van der Waals surface area contributed by atoms with Gasteiger partial charge in [0, 0.05) is 55.7 Å². The number of hydrogen-bond acceptors (Lipinski definition) is 4. The van der Waals surface area contributed by atoms with Crippen molar-refractivity contribution in [1.82, 2.24) is 9.55 Å². The minimum Gasteiger partial charge on any atom is -0.509 e. The second-order valence-electron chi connectivity index (χ2n) is 16.6. The molecule has 0 spiro atoms. The largest absolute Gasteiger partial charge is 0.509 e. The zero-order chi connectivity index (χ0) is 39.8. The SMILES string of the molecule is CN1[CH-]N(c2[c-]c(Oc3[c-]c4c(cc3)c3cc(-c5ccccc5)ccc3n4-c3cc4c(cn3)-c3ccccc3B4c3ccccc3)cc(C(C)(C)C)c2)c2ccccc21.[Pt]. The third-order valence-corrected chi connectivity index (χ3v) is 11.9. The van der Waals surface area contributed by atoms with Crippen molar-refractivity contribution in [3.05, 3.63) is 188 Å². The molecular weight excluding hydrogens is 914 g/mol. The summed E-state index contributed by atoms with van der Waals surface area (Å²) in [5.74, 6) is 2.09. The Bertz CT molecular complexity index is 3080. The fourth-order valence-corrected chi connectivity index (χ4v) is 8.96. The fourth-order valence-electron chi connectivity index (χ4n) is 8.96. The molecule has 0 bridgehead atoms. The molecule has 2 aromatic heterocycles. The van der Waals surface area contributed by atoms with Crippen LogP contribution in [0, 0.1) is 18.8 Å². The Balaban J connectivity index is 0.00000433. The van der Waals surface area contributed by atoms with Crippen molar-refractivity contribution in [3.8, 4) is 39.6 Å². The Morgan fingerprint density at radius 2 is 1.37 bits per heavy atom. The molecule has 294 valence electrons. The van der Waals surface area contributed by atoms with E-state index in [4.69, 9.17) is 9.72 Å². The van der Waals surface area contributed by atoms with E-state index in [1.807, 2.05) is 6.07 Å². The topological polar surface area (TPSA) is 33.5 Å². The van der Waals surface area contributed by atoms with Crippen molar-refractivity contribution in [2.75, 3.05) is 16.8 Å². The van der Waals surface area contributed by atoms with Gasteiger partial charge in [0.1, 0.15) is 5.82 Å². The summed E-state index contributed by atoms with van der Waals surface area (Å²) in [7, 11) is 2.08. The standard InChI is InChI=1S/C53H40BN4O.Pt/c1-53(2,3)37-28-39(57-34-56(4)49-21-13-14-22-50(49)57)30-41(29-37)59-40-24-25-43-44-27-36(35-15-7-5-8-16-35)23-26-48(44)58(51(43)31-40)52-32-47-45(33-55-52)42-19-11-12-20-46(42)54(47)38-17-9-6-10-18-38;/h5-29,32-34H,1-4H3;/q-3;. The number of nitrogens with zero attached hydrogens (tertiary/aromatic N) is 4. The molecule has 2 aliphatic rings. The summed E-state index contributed by atoms with van der Waals surface area (Å²) >= 11 is 0. The normalized spacial score (nSPS) is 13.0.